The largest absolute Gasteiger partial charge is 0.355 e. The first-order chi connectivity index (χ1) is 14.8. The average molecular weight is 420 g/mol. The lowest BCUT2D eigenvalue weighted by Gasteiger charge is -2.23. The number of nitrogens with zero attached hydrogens (tertiary/aromatic N) is 1. The molecule has 5 amide bonds. The van der Waals surface area contributed by atoms with Crippen molar-refractivity contribution >= 4 is 29.4 Å². The zero-order chi connectivity index (χ0) is 22.2. The van der Waals surface area contributed by atoms with Crippen LogP contribution in [-0.4, -0.2) is 42.2 Å². The first kappa shape index (κ1) is 20.6. The van der Waals surface area contributed by atoms with Gasteiger partial charge in [-0.2, -0.15) is 0 Å². The van der Waals surface area contributed by atoms with Crippen LogP contribution in [0.1, 0.15) is 40.4 Å². The van der Waals surface area contributed by atoms with Crippen LogP contribution < -0.4 is 16.0 Å². The van der Waals surface area contributed by atoms with E-state index in [0.717, 1.165) is 24.2 Å². The Bertz CT molecular complexity index is 1100. The van der Waals surface area contributed by atoms with E-state index in [2.05, 4.69) is 16.0 Å². The van der Waals surface area contributed by atoms with Gasteiger partial charge in [-0.25, -0.2) is 4.79 Å². The fourth-order valence-electron chi connectivity index (χ4n) is 4.15. The molecule has 1 atom stereocenters. The lowest BCUT2D eigenvalue weighted by molar-refractivity contribution is -0.133. The number of aryl methyl sites for hydroxylation is 2. The molecule has 1 aliphatic heterocycles. The number of fused-ring (bicyclic) bond motifs is 1. The van der Waals surface area contributed by atoms with Crippen LogP contribution >= 0.6 is 0 Å². The van der Waals surface area contributed by atoms with E-state index in [0.29, 0.717) is 16.8 Å². The second kappa shape index (κ2) is 7.86. The standard InChI is InChI=1S/C23H24N4O4/c1-23(17-10-9-14-5-3-6-15(14)11-17)21(30)27(22(31)26-23)13-19(28)25-18-8-4-7-16(12-18)20(29)24-2/h4,7-12H,3,5-6,13H2,1-2H3,(H,24,29)(H,25,28)(H,26,31)/t23-/m0/s1. The topological polar surface area (TPSA) is 108 Å². The van der Waals surface area contributed by atoms with Gasteiger partial charge in [0, 0.05) is 18.3 Å². The normalized spacial score (nSPS) is 19.7. The van der Waals surface area contributed by atoms with Gasteiger partial charge in [0.05, 0.1) is 0 Å². The maximum Gasteiger partial charge on any atom is 0.325 e. The molecule has 0 bridgehead atoms. The molecule has 1 saturated heterocycles. The minimum Gasteiger partial charge on any atom is -0.355 e. The molecular weight excluding hydrogens is 396 g/mol. The van der Waals surface area contributed by atoms with Crippen LogP contribution in [0.2, 0.25) is 0 Å². The Hall–Kier alpha value is -3.68. The van der Waals surface area contributed by atoms with Gasteiger partial charge in [0.15, 0.2) is 0 Å². The second-order valence-electron chi connectivity index (χ2n) is 7.99. The molecule has 8 nitrogen and oxygen atoms in total. The van der Waals surface area contributed by atoms with Crippen molar-refractivity contribution < 1.29 is 19.2 Å². The third-order valence-corrected chi connectivity index (χ3v) is 5.89. The number of benzene rings is 2. The summed E-state index contributed by atoms with van der Waals surface area (Å²) in [6.07, 6.45) is 3.08. The van der Waals surface area contributed by atoms with Crippen LogP contribution in [0.4, 0.5) is 10.5 Å². The summed E-state index contributed by atoms with van der Waals surface area (Å²) in [5.41, 5.74) is 2.77. The summed E-state index contributed by atoms with van der Waals surface area (Å²) in [6.45, 7) is 1.24. The second-order valence-corrected chi connectivity index (χ2v) is 7.99. The summed E-state index contributed by atoms with van der Waals surface area (Å²) in [5.74, 6) is -1.28. The summed E-state index contributed by atoms with van der Waals surface area (Å²) < 4.78 is 0. The fraction of sp³-hybridized carbons (Fsp3) is 0.304. The smallest absolute Gasteiger partial charge is 0.325 e. The molecule has 0 aromatic heterocycles. The van der Waals surface area contributed by atoms with Crippen molar-refractivity contribution in [1.82, 2.24) is 15.5 Å². The monoisotopic (exact) mass is 420 g/mol. The molecule has 3 N–H and O–H groups in total. The van der Waals surface area contributed by atoms with Gasteiger partial charge in [0.25, 0.3) is 11.8 Å². The van der Waals surface area contributed by atoms with Crippen molar-refractivity contribution in [2.24, 2.45) is 0 Å². The van der Waals surface area contributed by atoms with E-state index in [-0.39, 0.29) is 5.91 Å². The van der Waals surface area contributed by atoms with Crippen LogP contribution in [0.5, 0.6) is 0 Å². The third-order valence-electron chi connectivity index (χ3n) is 5.89. The number of nitrogens with one attached hydrogen (secondary N) is 3. The van der Waals surface area contributed by atoms with Crippen molar-refractivity contribution in [1.29, 1.82) is 0 Å². The van der Waals surface area contributed by atoms with Crippen molar-refractivity contribution in [3.05, 3.63) is 64.7 Å². The third kappa shape index (κ3) is 3.76. The Kier molecular flexibility index (Phi) is 5.22. The maximum absolute atomic E-state index is 13.1. The van der Waals surface area contributed by atoms with Gasteiger partial charge in [-0.1, -0.05) is 24.3 Å². The number of carbonyl (C=O) groups is 4. The predicted molar refractivity (Wildman–Crippen MR) is 115 cm³/mol. The van der Waals surface area contributed by atoms with Crippen LogP contribution in [0, 0.1) is 0 Å². The molecule has 1 fully saturated rings. The van der Waals surface area contributed by atoms with Crippen molar-refractivity contribution in [3.8, 4) is 0 Å². The lowest BCUT2D eigenvalue weighted by Crippen LogP contribution is -2.42. The van der Waals surface area contributed by atoms with Gasteiger partial charge in [0.2, 0.25) is 5.91 Å². The van der Waals surface area contributed by atoms with E-state index in [1.54, 1.807) is 25.1 Å². The van der Waals surface area contributed by atoms with Crippen LogP contribution in [0.3, 0.4) is 0 Å². The minimum absolute atomic E-state index is 0.282. The first-order valence-corrected chi connectivity index (χ1v) is 10.2. The molecule has 2 aromatic carbocycles. The van der Waals surface area contributed by atoms with E-state index in [9.17, 15) is 19.2 Å². The summed E-state index contributed by atoms with van der Waals surface area (Å²) >= 11 is 0. The molecule has 0 saturated carbocycles. The number of imide groups is 1. The number of amides is 5. The maximum atomic E-state index is 13.1. The molecule has 0 spiro atoms. The zero-order valence-electron chi connectivity index (χ0n) is 17.5. The Morgan fingerprint density at radius 1 is 1.10 bits per heavy atom. The molecule has 4 rings (SSSR count). The van der Waals surface area contributed by atoms with E-state index < -0.39 is 29.9 Å². The van der Waals surface area contributed by atoms with E-state index in [4.69, 9.17) is 0 Å². The zero-order valence-corrected chi connectivity index (χ0v) is 17.5. The Labute approximate surface area is 180 Å². The molecule has 2 aromatic rings. The quantitative estimate of drug-likeness (QED) is 0.643. The highest BCUT2D eigenvalue weighted by atomic mass is 16.2. The summed E-state index contributed by atoms with van der Waals surface area (Å²) in [7, 11) is 1.52. The highest BCUT2D eigenvalue weighted by Crippen LogP contribution is 2.32. The van der Waals surface area contributed by atoms with Crippen LogP contribution in [0.15, 0.2) is 42.5 Å². The molecule has 1 heterocycles. The van der Waals surface area contributed by atoms with Gasteiger partial charge >= 0.3 is 6.03 Å². The van der Waals surface area contributed by atoms with Gasteiger partial charge < -0.3 is 16.0 Å². The molecule has 31 heavy (non-hydrogen) atoms. The molecule has 160 valence electrons. The van der Waals surface area contributed by atoms with Crippen molar-refractivity contribution in [3.63, 3.8) is 0 Å². The molecular formula is C23H24N4O4. The Balaban J connectivity index is 1.48. The highest BCUT2D eigenvalue weighted by Gasteiger charge is 2.49. The van der Waals surface area contributed by atoms with E-state index >= 15 is 0 Å². The summed E-state index contributed by atoms with van der Waals surface area (Å²) in [4.78, 5) is 50.9. The number of rotatable bonds is 5. The average Bonchev–Trinajstić information content (AvgIpc) is 3.31. The number of urea groups is 1. The van der Waals surface area contributed by atoms with Crippen molar-refractivity contribution in [2.75, 3.05) is 18.9 Å². The fourth-order valence-corrected chi connectivity index (χ4v) is 4.15. The molecule has 8 heteroatoms. The first-order valence-electron chi connectivity index (χ1n) is 10.2. The van der Waals surface area contributed by atoms with E-state index in [1.807, 2.05) is 18.2 Å². The number of hydrogen-bond acceptors (Lipinski definition) is 4. The van der Waals surface area contributed by atoms with Gasteiger partial charge in [0.1, 0.15) is 12.1 Å². The molecule has 1 aliphatic carbocycles. The summed E-state index contributed by atoms with van der Waals surface area (Å²) in [5, 5.41) is 7.90. The number of anilines is 1. The van der Waals surface area contributed by atoms with Crippen molar-refractivity contribution in [2.45, 2.75) is 31.7 Å². The Morgan fingerprint density at radius 2 is 1.87 bits per heavy atom. The SMILES string of the molecule is CNC(=O)c1cccc(NC(=O)CN2C(=O)N[C@@](C)(c3ccc4c(c3)CCC4)C2=O)c1. The summed E-state index contributed by atoms with van der Waals surface area (Å²) in [6, 6.07) is 11.7. The van der Waals surface area contributed by atoms with Crippen LogP contribution in [0.25, 0.3) is 0 Å². The molecule has 0 unspecified atom stereocenters. The van der Waals surface area contributed by atoms with Gasteiger partial charge in [-0.05, 0) is 61.1 Å². The predicted octanol–water partition coefficient (Wildman–Crippen LogP) is 1.94. The van der Waals surface area contributed by atoms with Gasteiger partial charge in [-0.3, -0.25) is 19.3 Å². The van der Waals surface area contributed by atoms with Gasteiger partial charge in [-0.15, -0.1) is 0 Å². The lowest BCUT2D eigenvalue weighted by atomic mass is 9.89. The highest BCUT2D eigenvalue weighted by molar-refractivity contribution is 6.10. The number of carbonyl (C=O) groups excluding carboxylic acids is 4. The van der Waals surface area contributed by atoms with E-state index in [1.165, 1.54) is 24.2 Å². The molecule has 0 radical (unpaired) electrons. The molecule has 2 aliphatic rings. The number of hydrogen-bond donors (Lipinski definition) is 3. The minimum atomic E-state index is -1.21. The van der Waals surface area contributed by atoms with Crippen LogP contribution in [-0.2, 0) is 28.0 Å². The Morgan fingerprint density at radius 3 is 2.65 bits per heavy atom.